The van der Waals surface area contributed by atoms with Gasteiger partial charge in [-0.1, -0.05) is 29.3 Å². The van der Waals surface area contributed by atoms with E-state index in [4.69, 9.17) is 23.2 Å². The average molecular weight is 428 g/mol. The normalized spacial score (nSPS) is 16.2. The number of piperidine rings is 1. The van der Waals surface area contributed by atoms with E-state index in [1.165, 1.54) is 4.31 Å². The Morgan fingerprint density at radius 3 is 2.56 bits per heavy atom. The number of nitrogens with zero attached hydrogens (tertiary/aromatic N) is 2. The van der Waals surface area contributed by atoms with E-state index in [0.29, 0.717) is 47.2 Å². The fourth-order valence-corrected chi connectivity index (χ4v) is 4.88. The Morgan fingerprint density at radius 1 is 1.19 bits per heavy atom. The van der Waals surface area contributed by atoms with Crippen molar-refractivity contribution in [2.75, 3.05) is 18.4 Å². The van der Waals surface area contributed by atoms with Gasteiger partial charge in [0, 0.05) is 25.2 Å². The number of benzene rings is 1. The maximum Gasteiger partial charge on any atom is 0.227 e. The number of pyridine rings is 1. The number of anilines is 1. The lowest BCUT2D eigenvalue weighted by Crippen LogP contribution is -2.41. The lowest BCUT2D eigenvalue weighted by Gasteiger charge is -2.30. The standard InChI is InChI=1S/C18H19Cl2N3O3S/c19-16-4-3-13(10-17(16)20)12-27(25,26)23-8-5-14(6-9-23)18(24)22-15-2-1-7-21-11-15/h1-4,7,10-11,14H,5-6,8-9,12H2,(H,22,24). The summed E-state index contributed by atoms with van der Waals surface area (Å²) in [4.78, 5) is 16.3. The average Bonchev–Trinajstić information content (AvgIpc) is 2.65. The van der Waals surface area contributed by atoms with Gasteiger partial charge < -0.3 is 5.32 Å². The summed E-state index contributed by atoms with van der Waals surface area (Å²) in [6.07, 6.45) is 4.17. The second kappa shape index (κ2) is 8.56. The number of sulfonamides is 1. The molecular weight excluding hydrogens is 409 g/mol. The van der Waals surface area contributed by atoms with Crippen molar-refractivity contribution in [3.63, 3.8) is 0 Å². The van der Waals surface area contributed by atoms with E-state index >= 15 is 0 Å². The Labute approximate surface area is 168 Å². The van der Waals surface area contributed by atoms with Crippen LogP contribution in [0.5, 0.6) is 0 Å². The molecule has 27 heavy (non-hydrogen) atoms. The fraction of sp³-hybridized carbons (Fsp3) is 0.333. The Balaban J connectivity index is 1.57. The molecule has 3 rings (SSSR count). The number of rotatable bonds is 5. The van der Waals surface area contributed by atoms with Crippen molar-refractivity contribution in [1.29, 1.82) is 0 Å². The third-order valence-electron chi connectivity index (χ3n) is 4.48. The summed E-state index contributed by atoms with van der Waals surface area (Å²) in [5.74, 6) is -0.470. The van der Waals surface area contributed by atoms with Crippen LogP contribution >= 0.6 is 23.2 Å². The van der Waals surface area contributed by atoms with Crippen LogP contribution < -0.4 is 5.32 Å². The molecule has 1 aliphatic rings. The molecule has 9 heteroatoms. The largest absolute Gasteiger partial charge is 0.324 e. The van der Waals surface area contributed by atoms with Crippen LogP contribution in [-0.2, 0) is 20.6 Å². The van der Waals surface area contributed by atoms with E-state index in [1.54, 1.807) is 42.7 Å². The minimum absolute atomic E-state index is 0.107. The van der Waals surface area contributed by atoms with Crippen LogP contribution in [0.2, 0.25) is 10.0 Å². The first-order valence-electron chi connectivity index (χ1n) is 8.48. The van der Waals surface area contributed by atoms with Crippen LogP contribution in [0.4, 0.5) is 5.69 Å². The highest BCUT2D eigenvalue weighted by atomic mass is 35.5. The van der Waals surface area contributed by atoms with Gasteiger partial charge in [-0.05, 0) is 42.7 Å². The molecule has 1 aromatic heterocycles. The predicted molar refractivity (Wildman–Crippen MR) is 106 cm³/mol. The monoisotopic (exact) mass is 427 g/mol. The van der Waals surface area contributed by atoms with Crippen LogP contribution in [0.15, 0.2) is 42.7 Å². The number of aromatic nitrogens is 1. The summed E-state index contributed by atoms with van der Waals surface area (Å²) in [5.41, 5.74) is 1.22. The quantitative estimate of drug-likeness (QED) is 0.790. The smallest absolute Gasteiger partial charge is 0.227 e. The Morgan fingerprint density at radius 2 is 1.93 bits per heavy atom. The minimum Gasteiger partial charge on any atom is -0.324 e. The lowest BCUT2D eigenvalue weighted by atomic mass is 9.97. The van der Waals surface area contributed by atoms with E-state index in [-0.39, 0.29) is 17.6 Å². The number of carbonyl (C=O) groups excluding carboxylic acids is 1. The Bertz CT molecular complexity index is 915. The van der Waals surface area contributed by atoms with E-state index in [9.17, 15) is 13.2 Å². The van der Waals surface area contributed by atoms with Gasteiger partial charge in [-0.25, -0.2) is 12.7 Å². The molecule has 1 aromatic carbocycles. The van der Waals surface area contributed by atoms with Crippen LogP contribution in [-0.4, -0.2) is 36.7 Å². The number of nitrogens with one attached hydrogen (secondary N) is 1. The Kier molecular flexibility index (Phi) is 6.37. The SMILES string of the molecule is O=C(Nc1cccnc1)C1CCN(S(=O)(=O)Cc2ccc(Cl)c(Cl)c2)CC1. The van der Waals surface area contributed by atoms with Crippen molar-refractivity contribution >= 4 is 44.8 Å². The number of carbonyl (C=O) groups is 1. The first-order chi connectivity index (χ1) is 12.8. The lowest BCUT2D eigenvalue weighted by molar-refractivity contribution is -0.120. The molecule has 1 fully saturated rings. The summed E-state index contributed by atoms with van der Waals surface area (Å²) in [5, 5.41) is 3.54. The highest BCUT2D eigenvalue weighted by Crippen LogP contribution is 2.26. The van der Waals surface area contributed by atoms with Gasteiger partial charge in [0.1, 0.15) is 0 Å². The number of hydrogen-bond donors (Lipinski definition) is 1. The molecule has 1 aliphatic heterocycles. The highest BCUT2D eigenvalue weighted by molar-refractivity contribution is 7.88. The van der Waals surface area contributed by atoms with Gasteiger partial charge in [-0.15, -0.1) is 0 Å². The van der Waals surface area contributed by atoms with Crippen LogP contribution in [0.3, 0.4) is 0 Å². The molecule has 1 amide bonds. The predicted octanol–water partition coefficient (Wildman–Crippen LogP) is 3.57. The first-order valence-corrected chi connectivity index (χ1v) is 10.8. The topological polar surface area (TPSA) is 79.4 Å². The molecule has 6 nitrogen and oxygen atoms in total. The summed E-state index contributed by atoms with van der Waals surface area (Å²) >= 11 is 11.8. The van der Waals surface area contributed by atoms with Crippen LogP contribution in [0.25, 0.3) is 0 Å². The van der Waals surface area contributed by atoms with Crippen molar-refractivity contribution in [3.8, 4) is 0 Å². The zero-order valence-electron chi connectivity index (χ0n) is 14.4. The summed E-state index contributed by atoms with van der Waals surface area (Å²) in [6.45, 7) is 0.629. The van der Waals surface area contributed by atoms with Crippen molar-refractivity contribution in [1.82, 2.24) is 9.29 Å². The molecule has 0 atom stereocenters. The molecule has 2 aromatic rings. The zero-order valence-corrected chi connectivity index (χ0v) is 16.8. The highest BCUT2D eigenvalue weighted by Gasteiger charge is 2.31. The second-order valence-electron chi connectivity index (χ2n) is 6.41. The van der Waals surface area contributed by atoms with Gasteiger partial charge in [0.2, 0.25) is 15.9 Å². The molecule has 0 radical (unpaired) electrons. The molecular formula is C18H19Cl2N3O3S. The third-order valence-corrected chi connectivity index (χ3v) is 7.07. The maximum atomic E-state index is 12.7. The molecule has 1 saturated heterocycles. The maximum absolute atomic E-state index is 12.7. The van der Waals surface area contributed by atoms with E-state index in [2.05, 4.69) is 10.3 Å². The number of hydrogen-bond acceptors (Lipinski definition) is 4. The van der Waals surface area contributed by atoms with Crippen molar-refractivity contribution in [3.05, 3.63) is 58.3 Å². The number of amides is 1. The first kappa shape index (κ1) is 20.1. The molecule has 0 spiro atoms. The molecule has 0 unspecified atom stereocenters. The zero-order chi connectivity index (χ0) is 19.4. The van der Waals surface area contributed by atoms with Gasteiger partial charge in [0.05, 0.1) is 27.7 Å². The van der Waals surface area contributed by atoms with Gasteiger partial charge in [0.15, 0.2) is 0 Å². The second-order valence-corrected chi connectivity index (χ2v) is 9.19. The van der Waals surface area contributed by atoms with Crippen molar-refractivity contribution in [2.45, 2.75) is 18.6 Å². The van der Waals surface area contributed by atoms with E-state index in [0.717, 1.165) is 0 Å². The molecule has 2 heterocycles. The Hall–Kier alpha value is -1.67. The van der Waals surface area contributed by atoms with Gasteiger partial charge in [-0.3, -0.25) is 9.78 Å². The molecule has 0 aliphatic carbocycles. The molecule has 1 N–H and O–H groups in total. The molecule has 0 saturated carbocycles. The summed E-state index contributed by atoms with van der Waals surface area (Å²) < 4.78 is 26.8. The fourth-order valence-electron chi connectivity index (χ4n) is 3.01. The van der Waals surface area contributed by atoms with Crippen molar-refractivity contribution < 1.29 is 13.2 Å². The van der Waals surface area contributed by atoms with Crippen LogP contribution in [0, 0.1) is 5.92 Å². The van der Waals surface area contributed by atoms with E-state index in [1.807, 2.05) is 0 Å². The summed E-state index contributed by atoms with van der Waals surface area (Å²) in [6, 6.07) is 8.31. The van der Waals surface area contributed by atoms with Gasteiger partial charge >= 0.3 is 0 Å². The van der Waals surface area contributed by atoms with Gasteiger partial charge in [0.25, 0.3) is 0 Å². The van der Waals surface area contributed by atoms with Crippen molar-refractivity contribution in [2.24, 2.45) is 5.92 Å². The van der Waals surface area contributed by atoms with E-state index < -0.39 is 10.0 Å². The summed E-state index contributed by atoms with van der Waals surface area (Å²) in [7, 11) is -3.48. The molecule has 144 valence electrons. The minimum atomic E-state index is -3.48. The number of halogens is 2. The molecule has 0 bridgehead atoms. The van der Waals surface area contributed by atoms with Gasteiger partial charge in [-0.2, -0.15) is 0 Å². The van der Waals surface area contributed by atoms with Crippen LogP contribution in [0.1, 0.15) is 18.4 Å². The third kappa shape index (κ3) is 5.19.